The quantitative estimate of drug-likeness (QED) is 0.713. The molecule has 0 radical (unpaired) electrons. The molecular formula is C12H21NO4. The van der Waals surface area contributed by atoms with Crippen LogP contribution in [0.25, 0.3) is 0 Å². The fourth-order valence-corrected chi connectivity index (χ4v) is 2.00. The fourth-order valence-electron chi connectivity index (χ4n) is 2.00. The van der Waals surface area contributed by atoms with Crippen LogP contribution in [0.2, 0.25) is 0 Å². The summed E-state index contributed by atoms with van der Waals surface area (Å²) < 4.78 is 5.25. The predicted molar refractivity (Wildman–Crippen MR) is 62.7 cm³/mol. The Morgan fingerprint density at radius 2 is 1.82 bits per heavy atom. The highest BCUT2D eigenvalue weighted by Crippen LogP contribution is 2.14. The normalized spacial score (nSPS) is 16.8. The van der Waals surface area contributed by atoms with Crippen LogP contribution in [0.5, 0.6) is 0 Å². The number of hydrogen-bond donors (Lipinski definition) is 1. The third-order valence-corrected chi connectivity index (χ3v) is 3.16. The Morgan fingerprint density at radius 3 is 2.41 bits per heavy atom. The van der Waals surface area contributed by atoms with Crippen molar-refractivity contribution in [1.29, 1.82) is 0 Å². The second-order valence-corrected chi connectivity index (χ2v) is 4.45. The first-order chi connectivity index (χ1) is 8.11. The van der Waals surface area contributed by atoms with E-state index < -0.39 is 5.97 Å². The molecule has 0 spiro atoms. The minimum Gasteiger partial charge on any atom is -0.481 e. The van der Waals surface area contributed by atoms with E-state index in [0.29, 0.717) is 19.3 Å². The molecule has 0 aromatic carbocycles. The van der Waals surface area contributed by atoms with Crippen molar-refractivity contribution in [2.45, 2.75) is 44.6 Å². The van der Waals surface area contributed by atoms with E-state index in [-0.39, 0.29) is 18.4 Å². The fraction of sp³-hybridized carbons (Fsp3) is 0.833. The minimum absolute atomic E-state index is 0.113. The predicted octanol–water partition coefficient (Wildman–Crippen LogP) is 1.27. The second-order valence-electron chi connectivity index (χ2n) is 4.45. The van der Waals surface area contributed by atoms with Gasteiger partial charge < -0.3 is 14.7 Å². The molecule has 1 rings (SSSR count). The maximum atomic E-state index is 11.8. The summed E-state index contributed by atoms with van der Waals surface area (Å²) in [7, 11) is 1.83. The molecule has 1 amide bonds. The number of unbranched alkanes of at least 4 members (excludes halogenated alkanes) is 1. The molecule has 5 heteroatoms. The highest BCUT2D eigenvalue weighted by molar-refractivity contribution is 5.76. The Hall–Kier alpha value is -1.10. The lowest BCUT2D eigenvalue weighted by Crippen LogP contribution is -2.40. The van der Waals surface area contributed by atoms with Crippen molar-refractivity contribution in [3.63, 3.8) is 0 Å². The van der Waals surface area contributed by atoms with Crippen LogP contribution >= 0.6 is 0 Å². The van der Waals surface area contributed by atoms with Gasteiger partial charge >= 0.3 is 5.97 Å². The third-order valence-electron chi connectivity index (χ3n) is 3.16. The molecule has 0 aliphatic carbocycles. The van der Waals surface area contributed by atoms with E-state index in [2.05, 4.69) is 0 Å². The van der Waals surface area contributed by atoms with Crippen LogP contribution < -0.4 is 0 Å². The molecule has 0 saturated carbocycles. The molecule has 1 N–H and O–H groups in total. The van der Waals surface area contributed by atoms with Crippen LogP contribution in [-0.2, 0) is 14.3 Å². The second kappa shape index (κ2) is 7.27. The first kappa shape index (κ1) is 14.0. The molecule has 0 aromatic rings. The molecule has 98 valence electrons. The van der Waals surface area contributed by atoms with E-state index in [1.807, 2.05) is 7.05 Å². The standard InChI is InChI=1S/C12H21NO4/c1-13(10-6-8-17-9-7-10)11(14)4-2-3-5-12(15)16/h10H,2-9H2,1H3,(H,15,16). The largest absolute Gasteiger partial charge is 0.481 e. The van der Waals surface area contributed by atoms with Gasteiger partial charge in [-0.3, -0.25) is 9.59 Å². The SMILES string of the molecule is CN(C(=O)CCCCC(=O)O)C1CCOCC1. The van der Waals surface area contributed by atoms with Gasteiger partial charge in [-0.05, 0) is 25.7 Å². The smallest absolute Gasteiger partial charge is 0.303 e. The molecule has 1 fully saturated rings. The highest BCUT2D eigenvalue weighted by Gasteiger charge is 2.21. The van der Waals surface area contributed by atoms with Crippen molar-refractivity contribution >= 4 is 11.9 Å². The van der Waals surface area contributed by atoms with Crippen LogP contribution in [0.1, 0.15) is 38.5 Å². The zero-order valence-corrected chi connectivity index (χ0v) is 10.4. The number of carbonyl (C=O) groups is 2. The molecule has 1 saturated heterocycles. The average Bonchev–Trinajstić information content (AvgIpc) is 2.34. The average molecular weight is 243 g/mol. The molecule has 1 heterocycles. The summed E-state index contributed by atoms with van der Waals surface area (Å²) in [5.41, 5.74) is 0. The number of carbonyl (C=O) groups excluding carboxylic acids is 1. The molecule has 5 nitrogen and oxygen atoms in total. The number of ether oxygens (including phenoxy) is 1. The molecule has 0 unspecified atom stereocenters. The lowest BCUT2D eigenvalue weighted by atomic mass is 10.1. The minimum atomic E-state index is -0.796. The first-order valence-electron chi connectivity index (χ1n) is 6.16. The summed E-state index contributed by atoms with van der Waals surface area (Å²) in [5.74, 6) is -0.683. The maximum Gasteiger partial charge on any atom is 0.303 e. The number of aliphatic carboxylic acids is 1. The Bertz CT molecular complexity index is 261. The Morgan fingerprint density at radius 1 is 1.24 bits per heavy atom. The van der Waals surface area contributed by atoms with Gasteiger partial charge in [0.05, 0.1) is 0 Å². The Balaban J connectivity index is 2.19. The van der Waals surface area contributed by atoms with E-state index in [4.69, 9.17) is 9.84 Å². The van der Waals surface area contributed by atoms with Gasteiger partial charge in [0.15, 0.2) is 0 Å². The van der Waals surface area contributed by atoms with Crippen molar-refractivity contribution < 1.29 is 19.4 Å². The molecule has 0 aromatic heterocycles. The van der Waals surface area contributed by atoms with Gasteiger partial charge in [-0.1, -0.05) is 0 Å². The Kier molecular flexibility index (Phi) is 5.97. The molecular weight excluding hydrogens is 222 g/mol. The summed E-state index contributed by atoms with van der Waals surface area (Å²) in [5, 5.41) is 8.48. The van der Waals surface area contributed by atoms with Crippen molar-refractivity contribution in [2.24, 2.45) is 0 Å². The zero-order valence-electron chi connectivity index (χ0n) is 10.4. The molecule has 1 aliphatic heterocycles. The van der Waals surface area contributed by atoms with Gasteiger partial charge in [0.1, 0.15) is 0 Å². The molecule has 0 atom stereocenters. The van der Waals surface area contributed by atoms with E-state index in [0.717, 1.165) is 26.1 Å². The zero-order chi connectivity index (χ0) is 12.7. The summed E-state index contributed by atoms with van der Waals surface area (Å²) in [4.78, 5) is 23.9. The van der Waals surface area contributed by atoms with Crippen molar-refractivity contribution in [3.05, 3.63) is 0 Å². The van der Waals surface area contributed by atoms with Crippen LogP contribution in [-0.4, -0.2) is 48.2 Å². The number of rotatable bonds is 6. The van der Waals surface area contributed by atoms with Gasteiger partial charge in [0.2, 0.25) is 5.91 Å². The summed E-state index contributed by atoms with van der Waals surface area (Å²) in [6.45, 7) is 1.45. The number of carboxylic acids is 1. The van der Waals surface area contributed by atoms with Crippen LogP contribution in [0.3, 0.4) is 0 Å². The molecule has 0 bridgehead atoms. The van der Waals surface area contributed by atoms with Gasteiger partial charge in [0.25, 0.3) is 0 Å². The maximum absolute atomic E-state index is 11.8. The van der Waals surface area contributed by atoms with E-state index in [9.17, 15) is 9.59 Å². The van der Waals surface area contributed by atoms with Crippen molar-refractivity contribution in [3.8, 4) is 0 Å². The molecule has 1 aliphatic rings. The lowest BCUT2D eigenvalue weighted by molar-refractivity contribution is -0.138. The van der Waals surface area contributed by atoms with Gasteiger partial charge in [-0.25, -0.2) is 0 Å². The van der Waals surface area contributed by atoms with E-state index >= 15 is 0 Å². The van der Waals surface area contributed by atoms with E-state index in [1.54, 1.807) is 4.90 Å². The monoisotopic (exact) mass is 243 g/mol. The lowest BCUT2D eigenvalue weighted by Gasteiger charge is -2.31. The van der Waals surface area contributed by atoms with Gasteiger partial charge in [-0.15, -0.1) is 0 Å². The summed E-state index contributed by atoms with van der Waals surface area (Å²) in [6, 6.07) is 0.288. The molecule has 17 heavy (non-hydrogen) atoms. The van der Waals surface area contributed by atoms with Crippen LogP contribution in [0.4, 0.5) is 0 Å². The number of carboxylic acid groups (broad SMARTS) is 1. The van der Waals surface area contributed by atoms with Crippen molar-refractivity contribution in [2.75, 3.05) is 20.3 Å². The van der Waals surface area contributed by atoms with Gasteiger partial charge in [0, 0.05) is 39.1 Å². The van der Waals surface area contributed by atoms with Crippen LogP contribution in [0.15, 0.2) is 0 Å². The summed E-state index contributed by atoms with van der Waals surface area (Å²) in [6.07, 6.45) is 3.62. The summed E-state index contributed by atoms with van der Waals surface area (Å²) >= 11 is 0. The topological polar surface area (TPSA) is 66.8 Å². The first-order valence-corrected chi connectivity index (χ1v) is 6.16. The third kappa shape index (κ3) is 5.17. The highest BCUT2D eigenvalue weighted by atomic mass is 16.5. The number of hydrogen-bond acceptors (Lipinski definition) is 3. The Labute approximate surface area is 102 Å². The number of amides is 1. The van der Waals surface area contributed by atoms with Crippen LogP contribution in [0, 0.1) is 0 Å². The van der Waals surface area contributed by atoms with Crippen molar-refractivity contribution in [1.82, 2.24) is 4.90 Å². The van der Waals surface area contributed by atoms with E-state index in [1.165, 1.54) is 0 Å². The van der Waals surface area contributed by atoms with Gasteiger partial charge in [-0.2, -0.15) is 0 Å². The number of nitrogens with zero attached hydrogens (tertiary/aromatic N) is 1.